The molecule has 0 atom stereocenters. The zero-order chi connectivity index (χ0) is 14.7. The number of aryl methyl sites for hydroxylation is 1. The average molecular weight is 286 g/mol. The number of tetrazole rings is 1. The maximum absolute atomic E-state index is 11.7. The number of rotatable bonds is 6. The molecule has 7 nitrogen and oxygen atoms in total. The lowest BCUT2D eigenvalue weighted by molar-refractivity contribution is -0.119. The summed E-state index contributed by atoms with van der Waals surface area (Å²) in [6.07, 6.45) is 2.44. The van der Waals surface area contributed by atoms with Gasteiger partial charge >= 0.3 is 0 Å². The van der Waals surface area contributed by atoms with Gasteiger partial charge in [-0.05, 0) is 48.2 Å². The van der Waals surface area contributed by atoms with E-state index in [4.69, 9.17) is 0 Å². The van der Waals surface area contributed by atoms with Crippen LogP contribution < -0.4 is 10.6 Å². The average Bonchev–Trinajstić information content (AvgIpc) is 3.20. The van der Waals surface area contributed by atoms with Crippen molar-refractivity contribution in [2.24, 2.45) is 5.92 Å². The van der Waals surface area contributed by atoms with E-state index in [1.165, 1.54) is 18.4 Å². The van der Waals surface area contributed by atoms with Crippen molar-refractivity contribution in [1.29, 1.82) is 0 Å². The largest absolute Gasteiger partial charge is 0.354 e. The van der Waals surface area contributed by atoms with Crippen LogP contribution in [-0.2, 0) is 4.79 Å². The first kappa shape index (κ1) is 13.5. The molecule has 1 saturated carbocycles. The van der Waals surface area contributed by atoms with E-state index in [0.717, 1.165) is 12.2 Å². The molecule has 1 aliphatic rings. The molecule has 7 heteroatoms. The van der Waals surface area contributed by atoms with Crippen LogP contribution in [0.3, 0.4) is 0 Å². The highest BCUT2D eigenvalue weighted by Crippen LogP contribution is 2.27. The molecule has 21 heavy (non-hydrogen) atoms. The third kappa shape index (κ3) is 3.56. The van der Waals surface area contributed by atoms with Gasteiger partial charge in [0.05, 0.1) is 12.2 Å². The van der Waals surface area contributed by atoms with Crippen molar-refractivity contribution in [1.82, 2.24) is 25.5 Å². The number of amides is 1. The van der Waals surface area contributed by atoms with Gasteiger partial charge in [0, 0.05) is 6.54 Å². The summed E-state index contributed by atoms with van der Waals surface area (Å²) in [4.78, 5) is 11.7. The summed E-state index contributed by atoms with van der Waals surface area (Å²) in [6.45, 7) is 2.95. The highest BCUT2D eigenvalue weighted by molar-refractivity contribution is 5.80. The van der Waals surface area contributed by atoms with E-state index >= 15 is 0 Å². The number of nitrogens with one attached hydrogen (secondary N) is 2. The molecule has 0 aliphatic heterocycles. The number of carbonyl (C=O) groups excluding carboxylic acids is 1. The first-order valence-electron chi connectivity index (χ1n) is 7.08. The molecule has 1 amide bonds. The van der Waals surface area contributed by atoms with Crippen molar-refractivity contribution in [3.8, 4) is 5.69 Å². The van der Waals surface area contributed by atoms with Crippen LogP contribution in [0.5, 0.6) is 0 Å². The van der Waals surface area contributed by atoms with E-state index in [9.17, 15) is 4.79 Å². The molecular formula is C14H18N6O. The second-order valence-corrected chi connectivity index (χ2v) is 5.35. The van der Waals surface area contributed by atoms with Gasteiger partial charge in [0.2, 0.25) is 11.9 Å². The van der Waals surface area contributed by atoms with Gasteiger partial charge in [0.1, 0.15) is 0 Å². The maximum atomic E-state index is 11.7. The molecule has 3 rings (SSSR count). The summed E-state index contributed by atoms with van der Waals surface area (Å²) in [6, 6.07) is 7.85. The summed E-state index contributed by atoms with van der Waals surface area (Å²) in [7, 11) is 0. The fraction of sp³-hybridized carbons (Fsp3) is 0.429. The van der Waals surface area contributed by atoms with Crippen LogP contribution in [-0.4, -0.2) is 39.2 Å². The summed E-state index contributed by atoms with van der Waals surface area (Å²) >= 11 is 0. The predicted molar refractivity (Wildman–Crippen MR) is 78.1 cm³/mol. The van der Waals surface area contributed by atoms with Crippen molar-refractivity contribution >= 4 is 11.9 Å². The Balaban J connectivity index is 1.59. The molecule has 110 valence electrons. The summed E-state index contributed by atoms with van der Waals surface area (Å²) in [5.74, 6) is 1.09. The minimum atomic E-state index is -0.0413. The monoisotopic (exact) mass is 286 g/mol. The van der Waals surface area contributed by atoms with Crippen LogP contribution in [0.1, 0.15) is 18.4 Å². The number of hydrogen-bond acceptors (Lipinski definition) is 5. The van der Waals surface area contributed by atoms with Crippen molar-refractivity contribution in [3.05, 3.63) is 29.8 Å². The molecule has 2 aromatic rings. The first-order chi connectivity index (χ1) is 10.2. The Labute approximate surface area is 122 Å². The lowest BCUT2D eigenvalue weighted by atomic mass is 10.2. The Bertz CT molecular complexity index is 617. The Morgan fingerprint density at radius 3 is 2.81 bits per heavy atom. The molecule has 0 saturated heterocycles. The zero-order valence-corrected chi connectivity index (χ0v) is 11.9. The fourth-order valence-electron chi connectivity index (χ4n) is 1.96. The molecule has 0 unspecified atom stereocenters. The number of hydrogen-bond donors (Lipinski definition) is 2. The maximum Gasteiger partial charge on any atom is 0.248 e. The molecule has 0 radical (unpaired) electrons. The first-order valence-corrected chi connectivity index (χ1v) is 7.08. The Kier molecular flexibility index (Phi) is 3.81. The Morgan fingerprint density at radius 2 is 2.10 bits per heavy atom. The Morgan fingerprint density at radius 1 is 1.33 bits per heavy atom. The lowest BCUT2D eigenvalue weighted by Gasteiger charge is -2.07. The van der Waals surface area contributed by atoms with Gasteiger partial charge in [-0.25, -0.2) is 0 Å². The summed E-state index contributed by atoms with van der Waals surface area (Å²) in [5, 5.41) is 17.4. The fourth-order valence-corrected chi connectivity index (χ4v) is 1.96. The van der Waals surface area contributed by atoms with E-state index < -0.39 is 0 Å². The highest BCUT2D eigenvalue weighted by Gasteiger charge is 2.21. The SMILES string of the molecule is Cc1ccc(-n2nnnc2NCC(=O)NCC2CC2)cc1. The number of aromatic nitrogens is 4. The summed E-state index contributed by atoms with van der Waals surface area (Å²) in [5.41, 5.74) is 2.02. The number of carbonyl (C=O) groups is 1. The second kappa shape index (κ2) is 5.90. The Hall–Kier alpha value is -2.44. The molecule has 1 aliphatic carbocycles. The minimum absolute atomic E-state index is 0.0413. The predicted octanol–water partition coefficient (Wildman–Crippen LogP) is 0.909. The molecule has 1 aromatic heterocycles. The van der Waals surface area contributed by atoms with Crippen LogP contribution in [0.25, 0.3) is 5.69 Å². The van der Waals surface area contributed by atoms with Crippen molar-refractivity contribution < 1.29 is 4.79 Å². The van der Waals surface area contributed by atoms with Crippen LogP contribution >= 0.6 is 0 Å². The standard InChI is InChI=1S/C14H18N6O/c1-10-2-6-12(7-3-10)20-14(17-18-19-20)16-9-13(21)15-8-11-4-5-11/h2-3,6-7,11H,4-5,8-9H2,1H3,(H,15,21)(H,16,17,19). The zero-order valence-electron chi connectivity index (χ0n) is 11.9. The number of anilines is 1. The van der Waals surface area contributed by atoms with Gasteiger partial charge in [0.25, 0.3) is 0 Å². The van der Waals surface area contributed by atoms with Crippen molar-refractivity contribution in [2.75, 3.05) is 18.4 Å². The van der Waals surface area contributed by atoms with E-state index in [1.807, 2.05) is 31.2 Å². The number of benzene rings is 1. The third-order valence-electron chi connectivity index (χ3n) is 3.44. The van der Waals surface area contributed by atoms with E-state index in [-0.39, 0.29) is 12.5 Å². The van der Waals surface area contributed by atoms with Gasteiger partial charge < -0.3 is 10.6 Å². The normalized spacial score (nSPS) is 14.0. The van der Waals surface area contributed by atoms with Gasteiger partial charge in [-0.2, -0.15) is 4.68 Å². The van der Waals surface area contributed by atoms with Crippen LogP contribution in [0.15, 0.2) is 24.3 Å². The third-order valence-corrected chi connectivity index (χ3v) is 3.44. The van der Waals surface area contributed by atoms with Gasteiger partial charge in [-0.1, -0.05) is 22.8 Å². The summed E-state index contributed by atoms with van der Waals surface area (Å²) < 4.78 is 1.58. The van der Waals surface area contributed by atoms with Gasteiger partial charge in [0.15, 0.2) is 0 Å². The highest BCUT2D eigenvalue weighted by atomic mass is 16.1. The quantitative estimate of drug-likeness (QED) is 0.824. The van der Waals surface area contributed by atoms with Crippen LogP contribution in [0.2, 0.25) is 0 Å². The van der Waals surface area contributed by atoms with Gasteiger partial charge in [-0.15, -0.1) is 0 Å². The van der Waals surface area contributed by atoms with Gasteiger partial charge in [-0.3, -0.25) is 4.79 Å². The number of nitrogens with zero attached hydrogens (tertiary/aromatic N) is 4. The molecule has 0 spiro atoms. The molecule has 0 bridgehead atoms. The van der Waals surface area contributed by atoms with E-state index in [2.05, 4.69) is 26.2 Å². The molecule has 1 aromatic carbocycles. The van der Waals surface area contributed by atoms with E-state index in [0.29, 0.717) is 11.9 Å². The van der Waals surface area contributed by atoms with Crippen molar-refractivity contribution in [2.45, 2.75) is 19.8 Å². The minimum Gasteiger partial charge on any atom is -0.354 e. The molecular weight excluding hydrogens is 268 g/mol. The lowest BCUT2D eigenvalue weighted by Crippen LogP contribution is -2.31. The van der Waals surface area contributed by atoms with Crippen LogP contribution in [0, 0.1) is 12.8 Å². The topological polar surface area (TPSA) is 84.7 Å². The molecule has 2 N–H and O–H groups in total. The molecule has 1 fully saturated rings. The van der Waals surface area contributed by atoms with Crippen LogP contribution in [0.4, 0.5) is 5.95 Å². The van der Waals surface area contributed by atoms with E-state index in [1.54, 1.807) is 4.68 Å². The molecule has 1 heterocycles. The van der Waals surface area contributed by atoms with Crippen molar-refractivity contribution in [3.63, 3.8) is 0 Å². The smallest absolute Gasteiger partial charge is 0.248 e. The second-order valence-electron chi connectivity index (χ2n) is 5.35.